The molecule has 4 rings (SSSR count). The number of carbonyl (C=O) groups is 1. The third-order valence-electron chi connectivity index (χ3n) is 5.53. The highest BCUT2D eigenvalue weighted by Crippen LogP contribution is 2.36. The normalized spacial score (nSPS) is 20.8. The second kappa shape index (κ2) is 7.05. The van der Waals surface area contributed by atoms with Gasteiger partial charge in [0.25, 0.3) is 0 Å². The average molecular weight is 354 g/mol. The fourth-order valence-corrected chi connectivity index (χ4v) is 3.98. The van der Waals surface area contributed by atoms with Crippen molar-refractivity contribution in [2.75, 3.05) is 18.0 Å². The lowest BCUT2D eigenvalue weighted by molar-refractivity contribution is -0.118. The molecule has 2 aromatic rings. The number of aromatic nitrogens is 4. The van der Waals surface area contributed by atoms with Gasteiger partial charge in [-0.15, -0.1) is 0 Å². The molecule has 1 atom stereocenters. The first-order valence-electron chi connectivity index (χ1n) is 9.50. The van der Waals surface area contributed by atoms with Gasteiger partial charge in [0.2, 0.25) is 11.9 Å². The summed E-state index contributed by atoms with van der Waals surface area (Å²) in [6, 6.07) is 2.13. The zero-order valence-corrected chi connectivity index (χ0v) is 15.3. The second-order valence-electron chi connectivity index (χ2n) is 7.53. The van der Waals surface area contributed by atoms with E-state index < -0.39 is 0 Å². The maximum Gasteiger partial charge on any atom is 0.237 e. The van der Waals surface area contributed by atoms with Crippen LogP contribution in [0.5, 0.6) is 0 Å². The monoisotopic (exact) mass is 354 g/mol. The summed E-state index contributed by atoms with van der Waals surface area (Å²) in [5, 5.41) is 0. The number of aryl methyl sites for hydroxylation is 1. The highest BCUT2D eigenvalue weighted by Gasteiger charge is 2.28. The van der Waals surface area contributed by atoms with E-state index in [2.05, 4.69) is 16.0 Å². The Morgan fingerprint density at radius 3 is 2.77 bits per heavy atom. The van der Waals surface area contributed by atoms with Gasteiger partial charge in [-0.25, -0.2) is 15.0 Å². The number of hydrogen-bond donors (Lipinski definition) is 1. The summed E-state index contributed by atoms with van der Waals surface area (Å²) in [4.78, 5) is 27.6. The van der Waals surface area contributed by atoms with E-state index in [1.54, 1.807) is 6.20 Å². The number of amides is 1. The molecule has 0 bridgehead atoms. The smallest absolute Gasteiger partial charge is 0.237 e. The Kier molecular flexibility index (Phi) is 4.61. The molecule has 0 spiro atoms. The van der Waals surface area contributed by atoms with Gasteiger partial charge in [0.1, 0.15) is 12.4 Å². The van der Waals surface area contributed by atoms with Gasteiger partial charge in [-0.3, -0.25) is 4.79 Å². The summed E-state index contributed by atoms with van der Waals surface area (Å²) in [5.74, 6) is 2.29. The summed E-state index contributed by atoms with van der Waals surface area (Å²) in [6.45, 7) is 4.01. The molecule has 1 saturated heterocycles. The molecule has 2 aromatic heterocycles. The topological polar surface area (TPSA) is 89.9 Å². The number of imidazole rings is 1. The zero-order chi connectivity index (χ0) is 18.1. The molecule has 7 nitrogen and oxygen atoms in total. The van der Waals surface area contributed by atoms with E-state index in [1.807, 2.05) is 17.7 Å². The molecule has 3 heterocycles. The minimum absolute atomic E-state index is 0.179. The first-order valence-corrected chi connectivity index (χ1v) is 9.50. The van der Waals surface area contributed by atoms with E-state index in [-0.39, 0.29) is 18.4 Å². The molecule has 7 heteroatoms. The predicted molar refractivity (Wildman–Crippen MR) is 99.0 cm³/mol. The van der Waals surface area contributed by atoms with Gasteiger partial charge >= 0.3 is 0 Å². The van der Waals surface area contributed by atoms with E-state index in [4.69, 9.17) is 15.7 Å². The molecule has 26 heavy (non-hydrogen) atoms. The molecular formula is C19H26N6O. The van der Waals surface area contributed by atoms with Crippen molar-refractivity contribution in [2.45, 2.75) is 57.4 Å². The van der Waals surface area contributed by atoms with Crippen LogP contribution in [-0.4, -0.2) is 38.5 Å². The van der Waals surface area contributed by atoms with Crippen molar-refractivity contribution in [3.05, 3.63) is 35.7 Å². The molecule has 0 radical (unpaired) electrons. The Bertz CT molecular complexity index is 797. The van der Waals surface area contributed by atoms with E-state index in [0.29, 0.717) is 5.92 Å². The van der Waals surface area contributed by atoms with Gasteiger partial charge in [-0.05, 0) is 38.7 Å². The lowest BCUT2D eigenvalue weighted by Crippen LogP contribution is -2.37. The zero-order valence-electron chi connectivity index (χ0n) is 15.3. The third-order valence-corrected chi connectivity index (χ3v) is 5.53. The van der Waals surface area contributed by atoms with Gasteiger partial charge < -0.3 is 15.2 Å². The molecule has 2 N–H and O–H groups in total. The van der Waals surface area contributed by atoms with Crippen molar-refractivity contribution in [2.24, 2.45) is 5.73 Å². The van der Waals surface area contributed by atoms with E-state index in [0.717, 1.165) is 43.4 Å². The Balaban J connectivity index is 1.55. The first kappa shape index (κ1) is 17.0. The van der Waals surface area contributed by atoms with E-state index in [1.165, 1.54) is 25.0 Å². The number of nitrogens with zero attached hydrogens (tertiary/aromatic N) is 5. The molecule has 1 saturated carbocycles. The number of nitrogens with two attached hydrogens (primary N) is 1. The van der Waals surface area contributed by atoms with Crippen LogP contribution in [0.15, 0.2) is 18.5 Å². The fraction of sp³-hybridized carbons (Fsp3) is 0.579. The number of hydrogen-bond acceptors (Lipinski definition) is 5. The van der Waals surface area contributed by atoms with Crippen LogP contribution in [-0.2, 0) is 11.3 Å². The molecule has 0 aromatic carbocycles. The van der Waals surface area contributed by atoms with E-state index >= 15 is 0 Å². The standard InChI is InChI=1S/C19H26N6O/c1-13-10-16(14-4-2-5-14)23-19(22-13)25-8-3-6-15(11-25)18-21-7-9-24(18)12-17(20)26/h7,9-10,14-15H,2-6,8,11-12H2,1H3,(H2,20,26)/t15-/m0/s1. The van der Waals surface area contributed by atoms with Gasteiger partial charge in [0.05, 0.1) is 0 Å². The van der Waals surface area contributed by atoms with Crippen LogP contribution >= 0.6 is 0 Å². The first-order chi connectivity index (χ1) is 12.6. The Labute approximate surface area is 153 Å². The van der Waals surface area contributed by atoms with Crippen molar-refractivity contribution < 1.29 is 4.79 Å². The van der Waals surface area contributed by atoms with E-state index in [9.17, 15) is 4.79 Å². The summed E-state index contributed by atoms with van der Waals surface area (Å²) in [6.07, 6.45) is 9.47. The molecule has 2 aliphatic rings. The summed E-state index contributed by atoms with van der Waals surface area (Å²) in [5.41, 5.74) is 7.59. The summed E-state index contributed by atoms with van der Waals surface area (Å²) < 4.78 is 1.87. The SMILES string of the molecule is Cc1cc(C2CCC2)nc(N2CCC[C@H](c3nccn3CC(N)=O)C2)n1. The fourth-order valence-electron chi connectivity index (χ4n) is 3.98. The van der Waals surface area contributed by atoms with Crippen molar-refractivity contribution in [3.63, 3.8) is 0 Å². The summed E-state index contributed by atoms with van der Waals surface area (Å²) >= 11 is 0. The lowest BCUT2D eigenvalue weighted by Gasteiger charge is -2.33. The molecule has 1 amide bonds. The molecule has 0 unspecified atom stereocenters. The Morgan fingerprint density at radius 1 is 1.23 bits per heavy atom. The third kappa shape index (κ3) is 3.43. The largest absolute Gasteiger partial charge is 0.368 e. The minimum Gasteiger partial charge on any atom is -0.368 e. The van der Waals surface area contributed by atoms with Crippen LogP contribution in [0.2, 0.25) is 0 Å². The molecule has 1 aliphatic carbocycles. The van der Waals surface area contributed by atoms with Crippen LogP contribution in [0.25, 0.3) is 0 Å². The number of primary amides is 1. The highest BCUT2D eigenvalue weighted by atomic mass is 16.1. The van der Waals surface area contributed by atoms with Crippen LogP contribution in [0, 0.1) is 6.92 Å². The molecular weight excluding hydrogens is 328 g/mol. The quantitative estimate of drug-likeness (QED) is 0.888. The number of carbonyl (C=O) groups excluding carboxylic acids is 1. The van der Waals surface area contributed by atoms with Crippen LogP contribution in [0.1, 0.15) is 61.2 Å². The predicted octanol–water partition coefficient (Wildman–Crippen LogP) is 2.12. The van der Waals surface area contributed by atoms with Crippen molar-refractivity contribution >= 4 is 11.9 Å². The van der Waals surface area contributed by atoms with Gasteiger partial charge in [-0.1, -0.05) is 6.42 Å². The Hall–Kier alpha value is -2.44. The Morgan fingerprint density at radius 2 is 2.04 bits per heavy atom. The molecule has 138 valence electrons. The minimum atomic E-state index is -0.343. The van der Waals surface area contributed by atoms with Crippen molar-refractivity contribution in [1.29, 1.82) is 0 Å². The van der Waals surface area contributed by atoms with Crippen LogP contribution in [0.3, 0.4) is 0 Å². The van der Waals surface area contributed by atoms with Crippen LogP contribution < -0.4 is 10.6 Å². The van der Waals surface area contributed by atoms with Gasteiger partial charge in [0, 0.05) is 48.7 Å². The van der Waals surface area contributed by atoms with Gasteiger partial charge in [-0.2, -0.15) is 0 Å². The van der Waals surface area contributed by atoms with Crippen LogP contribution in [0.4, 0.5) is 5.95 Å². The number of piperidine rings is 1. The molecule has 2 fully saturated rings. The van der Waals surface area contributed by atoms with Crippen molar-refractivity contribution in [1.82, 2.24) is 19.5 Å². The van der Waals surface area contributed by atoms with Gasteiger partial charge in [0.15, 0.2) is 0 Å². The number of anilines is 1. The van der Waals surface area contributed by atoms with Crippen molar-refractivity contribution in [3.8, 4) is 0 Å². The second-order valence-corrected chi connectivity index (χ2v) is 7.53. The number of rotatable bonds is 5. The average Bonchev–Trinajstić information content (AvgIpc) is 3.00. The molecule has 1 aliphatic heterocycles. The maximum absolute atomic E-state index is 11.3. The summed E-state index contributed by atoms with van der Waals surface area (Å²) in [7, 11) is 0. The lowest BCUT2D eigenvalue weighted by atomic mass is 9.82. The maximum atomic E-state index is 11.3. The highest BCUT2D eigenvalue weighted by molar-refractivity contribution is 5.73.